The number of nitrogens with zero attached hydrogens (tertiary/aromatic N) is 4. The maximum Gasteiger partial charge on any atom is 0.267 e. The van der Waals surface area contributed by atoms with Crippen LogP contribution in [0.4, 0.5) is 0 Å². The van der Waals surface area contributed by atoms with Crippen LogP contribution in [0.25, 0.3) is 0 Å². The van der Waals surface area contributed by atoms with E-state index in [-0.39, 0.29) is 5.91 Å². The van der Waals surface area contributed by atoms with Crippen LogP contribution in [-0.2, 0) is 12.8 Å². The standard InChI is InChI=1S/C18H22N4OS/c1-13-17(24-20-19-13)18(23)22-10-8-21(9-11-22)16-7-6-14-4-2-3-5-15(14)12-16/h2-5,16H,6-12H2,1H3/t16-/m0/s1. The molecule has 0 saturated carbocycles. The van der Waals surface area contributed by atoms with Gasteiger partial charge in [0.1, 0.15) is 4.88 Å². The maximum absolute atomic E-state index is 12.6. The molecule has 0 bridgehead atoms. The quantitative estimate of drug-likeness (QED) is 0.839. The Morgan fingerprint density at radius 3 is 2.62 bits per heavy atom. The SMILES string of the molecule is Cc1nnsc1C(=O)N1CCN([C@H]2CCc3ccccc3C2)CC1. The summed E-state index contributed by atoms with van der Waals surface area (Å²) in [5.74, 6) is 0.0936. The Hall–Kier alpha value is -1.79. The number of piperazine rings is 1. The molecule has 1 amide bonds. The van der Waals surface area contributed by atoms with Gasteiger partial charge in [0.05, 0.1) is 5.69 Å². The van der Waals surface area contributed by atoms with Gasteiger partial charge in [0, 0.05) is 32.2 Å². The van der Waals surface area contributed by atoms with Crippen LogP contribution < -0.4 is 0 Å². The molecule has 4 rings (SSSR count). The number of benzene rings is 1. The molecule has 0 N–H and O–H groups in total. The predicted octanol–water partition coefficient (Wildman–Crippen LogP) is 2.16. The number of carbonyl (C=O) groups excluding carboxylic acids is 1. The second kappa shape index (κ2) is 6.61. The smallest absolute Gasteiger partial charge is 0.267 e. The molecule has 6 heteroatoms. The minimum absolute atomic E-state index is 0.0936. The van der Waals surface area contributed by atoms with Gasteiger partial charge in [0.25, 0.3) is 5.91 Å². The molecule has 1 aliphatic carbocycles. The average molecular weight is 342 g/mol. The summed E-state index contributed by atoms with van der Waals surface area (Å²) in [5.41, 5.74) is 3.76. The Kier molecular flexibility index (Phi) is 4.33. The molecule has 2 heterocycles. The third-order valence-corrected chi connectivity index (χ3v) is 6.10. The van der Waals surface area contributed by atoms with Gasteiger partial charge < -0.3 is 4.90 Å². The van der Waals surface area contributed by atoms with E-state index in [1.54, 1.807) is 0 Å². The summed E-state index contributed by atoms with van der Waals surface area (Å²) in [4.78, 5) is 17.8. The van der Waals surface area contributed by atoms with Gasteiger partial charge in [-0.2, -0.15) is 0 Å². The molecule has 126 valence electrons. The first-order valence-electron chi connectivity index (χ1n) is 8.61. The number of fused-ring (bicyclic) bond motifs is 1. The van der Waals surface area contributed by atoms with Crippen molar-refractivity contribution in [3.05, 3.63) is 46.0 Å². The molecule has 5 nitrogen and oxygen atoms in total. The largest absolute Gasteiger partial charge is 0.335 e. The normalized spacial score (nSPS) is 21.5. The van der Waals surface area contributed by atoms with Gasteiger partial charge in [-0.3, -0.25) is 9.69 Å². The molecule has 1 atom stereocenters. The van der Waals surface area contributed by atoms with E-state index in [0.717, 1.165) is 38.3 Å². The Morgan fingerprint density at radius 2 is 1.92 bits per heavy atom. The van der Waals surface area contributed by atoms with Crippen LogP contribution in [0.5, 0.6) is 0 Å². The number of hydrogen-bond donors (Lipinski definition) is 0. The van der Waals surface area contributed by atoms with Crippen LogP contribution in [0.3, 0.4) is 0 Å². The summed E-state index contributed by atoms with van der Waals surface area (Å²) in [7, 11) is 0. The van der Waals surface area contributed by atoms with Gasteiger partial charge >= 0.3 is 0 Å². The number of hydrogen-bond acceptors (Lipinski definition) is 5. The highest BCUT2D eigenvalue weighted by molar-refractivity contribution is 7.07. The monoisotopic (exact) mass is 342 g/mol. The Labute approximate surface area is 146 Å². The average Bonchev–Trinajstić information content (AvgIpc) is 3.07. The summed E-state index contributed by atoms with van der Waals surface area (Å²) in [6.45, 7) is 5.38. The molecule has 1 fully saturated rings. The first kappa shape index (κ1) is 15.7. The number of amides is 1. The van der Waals surface area contributed by atoms with Gasteiger partial charge in [-0.1, -0.05) is 28.8 Å². The third kappa shape index (κ3) is 2.96. The van der Waals surface area contributed by atoms with E-state index < -0.39 is 0 Å². The minimum Gasteiger partial charge on any atom is -0.335 e. The Morgan fingerprint density at radius 1 is 1.17 bits per heavy atom. The summed E-state index contributed by atoms with van der Waals surface area (Å²) in [5, 5.41) is 3.95. The van der Waals surface area contributed by atoms with Crippen LogP contribution >= 0.6 is 11.5 Å². The fraction of sp³-hybridized carbons (Fsp3) is 0.500. The zero-order chi connectivity index (χ0) is 16.5. The van der Waals surface area contributed by atoms with E-state index in [1.165, 1.54) is 35.5 Å². The second-order valence-electron chi connectivity index (χ2n) is 6.68. The molecular formula is C18H22N4OS. The first-order valence-corrected chi connectivity index (χ1v) is 9.39. The van der Waals surface area contributed by atoms with Crippen molar-refractivity contribution in [2.24, 2.45) is 0 Å². The molecule has 1 aromatic heterocycles. The van der Waals surface area contributed by atoms with Crippen molar-refractivity contribution in [1.82, 2.24) is 19.4 Å². The number of aryl methyl sites for hydroxylation is 2. The number of carbonyl (C=O) groups is 1. The molecule has 0 unspecified atom stereocenters. The highest BCUT2D eigenvalue weighted by atomic mass is 32.1. The van der Waals surface area contributed by atoms with Crippen molar-refractivity contribution in [2.75, 3.05) is 26.2 Å². The van der Waals surface area contributed by atoms with E-state index in [4.69, 9.17) is 0 Å². The van der Waals surface area contributed by atoms with E-state index in [2.05, 4.69) is 38.8 Å². The summed E-state index contributed by atoms with van der Waals surface area (Å²) < 4.78 is 3.88. The van der Waals surface area contributed by atoms with E-state index in [9.17, 15) is 4.79 Å². The van der Waals surface area contributed by atoms with E-state index >= 15 is 0 Å². The highest BCUT2D eigenvalue weighted by Crippen LogP contribution is 2.25. The molecule has 0 spiro atoms. The topological polar surface area (TPSA) is 49.3 Å². The molecule has 24 heavy (non-hydrogen) atoms. The van der Waals surface area contributed by atoms with Crippen molar-refractivity contribution in [1.29, 1.82) is 0 Å². The molecule has 1 aliphatic heterocycles. The van der Waals surface area contributed by atoms with Crippen molar-refractivity contribution in [3.63, 3.8) is 0 Å². The molecular weight excluding hydrogens is 320 g/mol. The number of rotatable bonds is 2. The van der Waals surface area contributed by atoms with Gasteiger partial charge in [0.2, 0.25) is 0 Å². The molecule has 2 aliphatic rings. The summed E-state index contributed by atoms with van der Waals surface area (Å²) >= 11 is 1.21. The van der Waals surface area contributed by atoms with Crippen LogP contribution in [0.2, 0.25) is 0 Å². The third-order valence-electron chi connectivity index (χ3n) is 5.28. The fourth-order valence-electron chi connectivity index (χ4n) is 3.85. The predicted molar refractivity (Wildman–Crippen MR) is 94.4 cm³/mol. The lowest BCUT2D eigenvalue weighted by atomic mass is 9.87. The van der Waals surface area contributed by atoms with Crippen LogP contribution in [0, 0.1) is 6.92 Å². The second-order valence-corrected chi connectivity index (χ2v) is 7.44. The first-order chi connectivity index (χ1) is 11.7. The van der Waals surface area contributed by atoms with Crippen LogP contribution in [0.1, 0.15) is 32.9 Å². The summed E-state index contributed by atoms with van der Waals surface area (Å²) in [6.07, 6.45) is 3.54. The number of aromatic nitrogens is 2. The summed E-state index contributed by atoms with van der Waals surface area (Å²) in [6, 6.07) is 9.42. The van der Waals surface area contributed by atoms with Gasteiger partial charge in [-0.15, -0.1) is 5.10 Å². The lowest BCUT2D eigenvalue weighted by molar-refractivity contribution is 0.0556. The van der Waals surface area contributed by atoms with Gasteiger partial charge in [-0.05, 0) is 48.8 Å². The molecule has 1 aromatic carbocycles. The molecule has 2 aromatic rings. The minimum atomic E-state index is 0.0936. The highest BCUT2D eigenvalue weighted by Gasteiger charge is 2.30. The van der Waals surface area contributed by atoms with Gasteiger partial charge in [-0.25, -0.2) is 0 Å². The Bertz CT molecular complexity index is 736. The lowest BCUT2D eigenvalue weighted by Gasteiger charge is -2.41. The Balaban J connectivity index is 1.37. The van der Waals surface area contributed by atoms with Crippen molar-refractivity contribution >= 4 is 17.4 Å². The van der Waals surface area contributed by atoms with E-state index in [0.29, 0.717) is 10.9 Å². The zero-order valence-corrected chi connectivity index (χ0v) is 14.8. The van der Waals surface area contributed by atoms with Gasteiger partial charge in [0.15, 0.2) is 0 Å². The lowest BCUT2D eigenvalue weighted by Crippen LogP contribution is -2.53. The molecule has 1 saturated heterocycles. The van der Waals surface area contributed by atoms with Crippen LogP contribution in [0.15, 0.2) is 24.3 Å². The van der Waals surface area contributed by atoms with Crippen molar-refractivity contribution < 1.29 is 4.79 Å². The van der Waals surface area contributed by atoms with Crippen molar-refractivity contribution in [3.8, 4) is 0 Å². The maximum atomic E-state index is 12.6. The zero-order valence-electron chi connectivity index (χ0n) is 13.9. The molecule has 0 radical (unpaired) electrons. The van der Waals surface area contributed by atoms with E-state index in [1.807, 2.05) is 11.8 Å². The van der Waals surface area contributed by atoms with Crippen LogP contribution in [-0.4, -0.2) is 57.5 Å². The fourth-order valence-corrected chi connectivity index (χ4v) is 4.48. The van der Waals surface area contributed by atoms with Crippen molar-refractivity contribution in [2.45, 2.75) is 32.2 Å².